The van der Waals surface area contributed by atoms with Crippen molar-refractivity contribution in [2.24, 2.45) is 5.92 Å². The summed E-state index contributed by atoms with van der Waals surface area (Å²) in [6.45, 7) is 4.30. The summed E-state index contributed by atoms with van der Waals surface area (Å²) >= 11 is 8.82. The van der Waals surface area contributed by atoms with Crippen molar-refractivity contribution in [1.29, 1.82) is 0 Å². The average Bonchev–Trinajstić information content (AvgIpc) is 2.84. The van der Waals surface area contributed by atoms with Gasteiger partial charge in [0.05, 0.1) is 0 Å². The zero-order chi connectivity index (χ0) is 14.5. The highest BCUT2D eigenvalue weighted by molar-refractivity contribution is 8.01. The van der Waals surface area contributed by atoms with Crippen LogP contribution in [0.3, 0.4) is 0 Å². The van der Waals surface area contributed by atoms with Gasteiger partial charge in [0.15, 0.2) is 4.34 Å². The second-order valence-electron chi connectivity index (χ2n) is 4.54. The first-order valence-corrected chi connectivity index (χ1v) is 8.26. The molecule has 0 saturated carbocycles. The van der Waals surface area contributed by atoms with Gasteiger partial charge in [-0.1, -0.05) is 48.5 Å². The topological polar surface area (TPSA) is 54.9 Å². The number of rotatable bonds is 5. The Bertz CT molecular complexity index is 584. The summed E-state index contributed by atoms with van der Waals surface area (Å²) in [5, 5.41) is 11.9. The number of halogens is 1. The molecule has 0 aliphatic rings. The van der Waals surface area contributed by atoms with Crippen molar-refractivity contribution in [3.63, 3.8) is 0 Å². The maximum atomic E-state index is 12.0. The Hall–Kier alpha value is -1.11. The van der Waals surface area contributed by atoms with E-state index in [0.717, 1.165) is 10.1 Å². The van der Waals surface area contributed by atoms with E-state index < -0.39 is 0 Å². The van der Waals surface area contributed by atoms with Crippen molar-refractivity contribution in [1.82, 2.24) is 10.2 Å². The van der Waals surface area contributed by atoms with Gasteiger partial charge in [0.25, 0.3) is 5.91 Å². The molecule has 106 valence electrons. The van der Waals surface area contributed by atoms with Crippen LogP contribution in [0.5, 0.6) is 0 Å². The molecule has 0 aliphatic carbocycles. The van der Waals surface area contributed by atoms with E-state index in [0.29, 0.717) is 21.6 Å². The van der Waals surface area contributed by atoms with Crippen molar-refractivity contribution >= 4 is 45.7 Å². The van der Waals surface area contributed by atoms with Gasteiger partial charge < -0.3 is 0 Å². The second kappa shape index (κ2) is 7.06. The van der Waals surface area contributed by atoms with Gasteiger partial charge in [-0.15, -0.1) is 10.2 Å². The third kappa shape index (κ3) is 4.47. The van der Waals surface area contributed by atoms with Crippen LogP contribution in [0.25, 0.3) is 0 Å². The van der Waals surface area contributed by atoms with E-state index in [9.17, 15) is 4.79 Å². The first-order valence-electron chi connectivity index (χ1n) is 6.08. The number of carbonyl (C=O) groups is 1. The standard InChI is InChI=1S/C13H14ClN3OS2/c1-8(2)7-19-13-17-16-12(20-13)15-11(18)9-3-5-10(14)6-4-9/h3-6,8H,7H2,1-2H3,(H,15,16,18). The molecular weight excluding hydrogens is 314 g/mol. The van der Waals surface area contributed by atoms with Crippen LogP contribution in [0, 0.1) is 5.92 Å². The predicted octanol–water partition coefficient (Wildman–Crippen LogP) is 4.19. The van der Waals surface area contributed by atoms with Crippen LogP contribution >= 0.6 is 34.7 Å². The Kier molecular flexibility index (Phi) is 5.39. The molecule has 0 saturated heterocycles. The molecule has 1 N–H and O–H groups in total. The molecule has 0 aliphatic heterocycles. The fourth-order valence-corrected chi connectivity index (χ4v) is 3.18. The Morgan fingerprint density at radius 2 is 2.05 bits per heavy atom. The number of hydrogen-bond acceptors (Lipinski definition) is 5. The lowest BCUT2D eigenvalue weighted by Gasteiger charge is -2.01. The molecule has 0 fully saturated rings. The zero-order valence-corrected chi connectivity index (χ0v) is 13.5. The zero-order valence-electron chi connectivity index (χ0n) is 11.1. The largest absolute Gasteiger partial charge is 0.296 e. The van der Waals surface area contributed by atoms with Crippen LogP contribution in [0.15, 0.2) is 28.6 Å². The minimum Gasteiger partial charge on any atom is -0.296 e. The second-order valence-corrected chi connectivity index (χ2v) is 7.22. The highest BCUT2D eigenvalue weighted by atomic mass is 35.5. The van der Waals surface area contributed by atoms with Crippen molar-refractivity contribution in [3.8, 4) is 0 Å². The molecule has 1 aromatic carbocycles. The summed E-state index contributed by atoms with van der Waals surface area (Å²) in [5.74, 6) is 1.37. The van der Waals surface area contributed by atoms with E-state index in [2.05, 4.69) is 29.4 Å². The SMILES string of the molecule is CC(C)CSc1nnc(NC(=O)c2ccc(Cl)cc2)s1. The monoisotopic (exact) mass is 327 g/mol. The first kappa shape index (κ1) is 15.3. The van der Waals surface area contributed by atoms with Gasteiger partial charge in [-0.05, 0) is 30.2 Å². The molecule has 0 radical (unpaired) electrons. The highest BCUT2D eigenvalue weighted by Crippen LogP contribution is 2.27. The van der Waals surface area contributed by atoms with Crippen LogP contribution in [-0.4, -0.2) is 21.9 Å². The van der Waals surface area contributed by atoms with Crippen LogP contribution in [-0.2, 0) is 0 Å². The van der Waals surface area contributed by atoms with Gasteiger partial charge in [0, 0.05) is 16.3 Å². The number of thioether (sulfide) groups is 1. The number of aromatic nitrogens is 2. The van der Waals surface area contributed by atoms with E-state index in [4.69, 9.17) is 11.6 Å². The fraction of sp³-hybridized carbons (Fsp3) is 0.308. The lowest BCUT2D eigenvalue weighted by atomic mass is 10.2. The molecule has 2 rings (SSSR count). The number of hydrogen-bond donors (Lipinski definition) is 1. The van der Waals surface area contributed by atoms with Crippen molar-refractivity contribution in [2.75, 3.05) is 11.1 Å². The number of nitrogens with zero attached hydrogens (tertiary/aromatic N) is 2. The van der Waals surface area contributed by atoms with Crippen LogP contribution in [0.1, 0.15) is 24.2 Å². The molecule has 1 amide bonds. The molecule has 20 heavy (non-hydrogen) atoms. The molecule has 7 heteroatoms. The Labute approximate surface area is 130 Å². The van der Waals surface area contributed by atoms with Crippen LogP contribution in [0.2, 0.25) is 5.02 Å². The van der Waals surface area contributed by atoms with Gasteiger partial charge in [-0.3, -0.25) is 10.1 Å². The third-order valence-electron chi connectivity index (χ3n) is 2.27. The fourth-order valence-electron chi connectivity index (χ4n) is 1.33. The molecule has 0 spiro atoms. The predicted molar refractivity (Wildman–Crippen MR) is 84.9 cm³/mol. The van der Waals surface area contributed by atoms with Crippen molar-refractivity contribution in [2.45, 2.75) is 18.2 Å². The van der Waals surface area contributed by atoms with Gasteiger partial charge in [-0.25, -0.2) is 0 Å². The summed E-state index contributed by atoms with van der Waals surface area (Å²) in [5.41, 5.74) is 0.543. The van der Waals surface area contributed by atoms with Crippen LogP contribution < -0.4 is 5.32 Å². The number of nitrogens with one attached hydrogen (secondary N) is 1. The molecule has 2 aromatic rings. The van der Waals surface area contributed by atoms with Crippen molar-refractivity contribution < 1.29 is 4.79 Å². The number of anilines is 1. The quantitative estimate of drug-likeness (QED) is 0.660. The molecule has 0 unspecified atom stereocenters. The third-order valence-corrected chi connectivity index (χ3v) is 4.92. The molecule has 1 heterocycles. The summed E-state index contributed by atoms with van der Waals surface area (Å²) < 4.78 is 0.866. The number of carbonyl (C=O) groups excluding carboxylic acids is 1. The molecule has 1 aromatic heterocycles. The number of amides is 1. The highest BCUT2D eigenvalue weighted by Gasteiger charge is 2.10. The molecular formula is C13H14ClN3OS2. The molecule has 4 nitrogen and oxygen atoms in total. The van der Waals surface area contributed by atoms with E-state index in [1.807, 2.05) is 0 Å². The van der Waals surface area contributed by atoms with Gasteiger partial charge in [-0.2, -0.15) is 0 Å². The van der Waals surface area contributed by atoms with Crippen LogP contribution in [0.4, 0.5) is 5.13 Å². The molecule has 0 atom stereocenters. The maximum Gasteiger partial charge on any atom is 0.257 e. The summed E-state index contributed by atoms with van der Waals surface area (Å²) in [7, 11) is 0. The van der Waals surface area contributed by atoms with Crippen molar-refractivity contribution in [3.05, 3.63) is 34.9 Å². The Morgan fingerprint density at radius 3 is 2.70 bits per heavy atom. The minimum atomic E-state index is -0.210. The lowest BCUT2D eigenvalue weighted by molar-refractivity contribution is 0.102. The van der Waals surface area contributed by atoms with E-state index >= 15 is 0 Å². The van der Waals surface area contributed by atoms with Gasteiger partial charge >= 0.3 is 0 Å². The van der Waals surface area contributed by atoms with E-state index in [1.54, 1.807) is 36.0 Å². The first-order chi connectivity index (χ1) is 9.54. The average molecular weight is 328 g/mol. The maximum absolute atomic E-state index is 12.0. The molecule has 0 bridgehead atoms. The Morgan fingerprint density at radius 1 is 1.35 bits per heavy atom. The minimum absolute atomic E-state index is 0.210. The van der Waals surface area contributed by atoms with E-state index in [1.165, 1.54) is 11.3 Å². The normalized spacial score (nSPS) is 10.8. The number of benzene rings is 1. The summed E-state index contributed by atoms with van der Waals surface area (Å²) in [4.78, 5) is 12.0. The summed E-state index contributed by atoms with van der Waals surface area (Å²) in [6, 6.07) is 6.71. The van der Waals surface area contributed by atoms with E-state index in [-0.39, 0.29) is 5.91 Å². The smallest absolute Gasteiger partial charge is 0.257 e. The van der Waals surface area contributed by atoms with Gasteiger partial charge in [0.2, 0.25) is 5.13 Å². The lowest BCUT2D eigenvalue weighted by Crippen LogP contribution is -2.11. The van der Waals surface area contributed by atoms with Gasteiger partial charge in [0.1, 0.15) is 0 Å². The Balaban J connectivity index is 1.96. The summed E-state index contributed by atoms with van der Waals surface area (Å²) in [6.07, 6.45) is 0.